The third-order valence-electron chi connectivity index (χ3n) is 4.45. The van der Waals surface area contributed by atoms with Gasteiger partial charge in [-0.2, -0.15) is 8.78 Å². The molecule has 1 fully saturated rings. The lowest BCUT2D eigenvalue weighted by atomic mass is 10.0. The molecule has 2 aromatic rings. The Kier molecular flexibility index (Phi) is 5.78. The van der Waals surface area contributed by atoms with E-state index in [0.29, 0.717) is 43.0 Å². The van der Waals surface area contributed by atoms with E-state index in [4.69, 9.17) is 4.74 Å². The normalized spacial score (nSPS) is 18.0. The Bertz CT molecular complexity index is 755. The molecule has 0 unspecified atom stereocenters. The van der Waals surface area contributed by atoms with E-state index in [1.54, 1.807) is 12.4 Å². The molecule has 0 amide bonds. The maximum atomic E-state index is 13.6. The zero-order valence-electron chi connectivity index (χ0n) is 14.7. The predicted molar refractivity (Wildman–Crippen MR) is 91.3 cm³/mol. The van der Waals surface area contributed by atoms with Gasteiger partial charge in [0.25, 0.3) is 0 Å². The van der Waals surface area contributed by atoms with Crippen LogP contribution < -0.4 is 4.74 Å². The number of nitrogens with zero attached hydrogens (tertiary/aromatic N) is 2. The van der Waals surface area contributed by atoms with Gasteiger partial charge >= 0.3 is 6.61 Å². The lowest BCUT2D eigenvalue weighted by Gasteiger charge is -2.25. The standard InChI is InChI=1S/C19H21F3N2O2/c1-12(2)17-10-25-11-24(17)9-13-5-15(8-23-7-13)14-3-4-16(20)18(6-14)26-19(21)22/h3-8,12,17,19H,9-11H2,1-2H3/t17-/m1/s1. The fourth-order valence-electron chi connectivity index (χ4n) is 3.10. The minimum absolute atomic E-state index is 0.343. The van der Waals surface area contributed by atoms with E-state index in [2.05, 4.69) is 28.5 Å². The molecule has 0 saturated carbocycles. The third-order valence-corrected chi connectivity index (χ3v) is 4.45. The zero-order valence-corrected chi connectivity index (χ0v) is 14.7. The van der Waals surface area contributed by atoms with E-state index < -0.39 is 18.2 Å². The van der Waals surface area contributed by atoms with Gasteiger partial charge in [0.05, 0.1) is 13.3 Å². The number of pyridine rings is 1. The highest BCUT2D eigenvalue weighted by molar-refractivity contribution is 5.65. The van der Waals surface area contributed by atoms with Crippen LogP contribution in [0.3, 0.4) is 0 Å². The first-order chi connectivity index (χ1) is 12.4. The molecule has 0 spiro atoms. The predicted octanol–water partition coefficient (Wildman–Crippen LogP) is 4.30. The molecule has 0 N–H and O–H groups in total. The number of aromatic nitrogens is 1. The molecule has 1 atom stereocenters. The van der Waals surface area contributed by atoms with Crippen LogP contribution in [0.15, 0.2) is 36.7 Å². The van der Waals surface area contributed by atoms with Crippen molar-refractivity contribution in [2.75, 3.05) is 13.3 Å². The summed E-state index contributed by atoms with van der Waals surface area (Å²) in [4.78, 5) is 6.47. The number of alkyl halides is 2. The van der Waals surface area contributed by atoms with E-state index in [1.165, 1.54) is 12.1 Å². The summed E-state index contributed by atoms with van der Waals surface area (Å²) in [6.45, 7) is 3.18. The van der Waals surface area contributed by atoms with Gasteiger partial charge in [-0.3, -0.25) is 9.88 Å². The Balaban J connectivity index is 1.81. The summed E-state index contributed by atoms with van der Waals surface area (Å²) in [6, 6.07) is 6.16. The van der Waals surface area contributed by atoms with Crippen LogP contribution in [0, 0.1) is 11.7 Å². The van der Waals surface area contributed by atoms with Gasteiger partial charge in [-0.15, -0.1) is 0 Å². The summed E-state index contributed by atoms with van der Waals surface area (Å²) in [5.41, 5.74) is 2.25. The van der Waals surface area contributed by atoms with Crippen LogP contribution in [-0.2, 0) is 11.3 Å². The van der Waals surface area contributed by atoms with Crippen molar-refractivity contribution in [1.82, 2.24) is 9.88 Å². The molecule has 1 aliphatic rings. The molecule has 1 saturated heterocycles. The molecule has 26 heavy (non-hydrogen) atoms. The van der Waals surface area contributed by atoms with Crippen LogP contribution in [-0.4, -0.2) is 35.9 Å². The molecule has 0 radical (unpaired) electrons. The summed E-state index contributed by atoms with van der Waals surface area (Å²) in [7, 11) is 0. The minimum Gasteiger partial charge on any atom is -0.432 e. The molecule has 1 aromatic heterocycles. The molecule has 7 heteroatoms. The highest BCUT2D eigenvalue weighted by Crippen LogP contribution is 2.28. The molecule has 0 aliphatic carbocycles. The molecule has 140 valence electrons. The van der Waals surface area contributed by atoms with Crippen molar-refractivity contribution < 1.29 is 22.6 Å². The van der Waals surface area contributed by atoms with E-state index >= 15 is 0 Å². The van der Waals surface area contributed by atoms with Crippen molar-refractivity contribution in [1.29, 1.82) is 0 Å². The summed E-state index contributed by atoms with van der Waals surface area (Å²) in [6.07, 6.45) is 3.38. The van der Waals surface area contributed by atoms with Crippen molar-refractivity contribution in [3.05, 3.63) is 48.0 Å². The number of rotatable bonds is 6. The van der Waals surface area contributed by atoms with Gasteiger partial charge < -0.3 is 9.47 Å². The monoisotopic (exact) mass is 366 g/mol. The summed E-state index contributed by atoms with van der Waals surface area (Å²) in [5.74, 6) is -0.831. The number of benzene rings is 1. The Labute approximate surface area is 150 Å². The summed E-state index contributed by atoms with van der Waals surface area (Å²) in [5, 5.41) is 0. The molecular weight excluding hydrogens is 345 g/mol. The number of hydrogen-bond acceptors (Lipinski definition) is 4. The molecule has 2 heterocycles. The van der Waals surface area contributed by atoms with Crippen molar-refractivity contribution in [2.45, 2.75) is 33.0 Å². The fourth-order valence-corrected chi connectivity index (χ4v) is 3.10. The largest absolute Gasteiger partial charge is 0.432 e. The van der Waals surface area contributed by atoms with Crippen LogP contribution in [0.5, 0.6) is 5.75 Å². The molecule has 1 aliphatic heterocycles. The highest BCUT2D eigenvalue weighted by Gasteiger charge is 2.27. The average molecular weight is 366 g/mol. The Morgan fingerprint density at radius 2 is 2.04 bits per heavy atom. The second-order valence-corrected chi connectivity index (χ2v) is 6.66. The molecular formula is C19H21F3N2O2. The molecule has 4 nitrogen and oxygen atoms in total. The van der Waals surface area contributed by atoms with E-state index in [9.17, 15) is 13.2 Å². The first-order valence-electron chi connectivity index (χ1n) is 8.44. The van der Waals surface area contributed by atoms with Crippen LogP contribution in [0.25, 0.3) is 11.1 Å². The zero-order chi connectivity index (χ0) is 18.7. The van der Waals surface area contributed by atoms with Gasteiger partial charge in [0.15, 0.2) is 11.6 Å². The average Bonchev–Trinajstić information content (AvgIpc) is 3.05. The van der Waals surface area contributed by atoms with E-state index in [1.807, 2.05) is 6.07 Å². The third kappa shape index (κ3) is 4.34. The van der Waals surface area contributed by atoms with Gasteiger partial charge in [-0.25, -0.2) is 4.39 Å². The SMILES string of the molecule is CC(C)[C@H]1COCN1Cc1cncc(-c2ccc(F)c(OC(F)F)c2)c1. The quantitative estimate of drug-likeness (QED) is 0.763. The van der Waals surface area contributed by atoms with Crippen LogP contribution in [0.2, 0.25) is 0 Å². The minimum atomic E-state index is -3.08. The second-order valence-electron chi connectivity index (χ2n) is 6.66. The van der Waals surface area contributed by atoms with Gasteiger partial charge in [0.2, 0.25) is 0 Å². The topological polar surface area (TPSA) is 34.6 Å². The molecule has 1 aromatic carbocycles. The van der Waals surface area contributed by atoms with Crippen molar-refractivity contribution in [3.63, 3.8) is 0 Å². The van der Waals surface area contributed by atoms with E-state index in [0.717, 1.165) is 11.6 Å². The maximum Gasteiger partial charge on any atom is 0.387 e. The fraction of sp³-hybridized carbons (Fsp3) is 0.421. The number of hydrogen-bond donors (Lipinski definition) is 0. The van der Waals surface area contributed by atoms with Gasteiger partial charge in [-0.1, -0.05) is 19.9 Å². The van der Waals surface area contributed by atoms with Gasteiger partial charge in [0, 0.05) is 30.5 Å². The van der Waals surface area contributed by atoms with E-state index in [-0.39, 0.29) is 0 Å². The first kappa shape index (κ1) is 18.7. The Hall–Kier alpha value is -2.12. The molecule has 0 bridgehead atoms. The Morgan fingerprint density at radius 3 is 2.77 bits per heavy atom. The smallest absolute Gasteiger partial charge is 0.387 e. The summed E-state index contributed by atoms with van der Waals surface area (Å²) >= 11 is 0. The second kappa shape index (κ2) is 8.05. The first-order valence-corrected chi connectivity index (χ1v) is 8.44. The molecule has 3 rings (SSSR count). The number of halogens is 3. The van der Waals surface area contributed by atoms with Crippen LogP contribution in [0.1, 0.15) is 19.4 Å². The van der Waals surface area contributed by atoms with Crippen molar-refractivity contribution >= 4 is 0 Å². The van der Waals surface area contributed by atoms with Crippen molar-refractivity contribution in [3.8, 4) is 16.9 Å². The van der Waals surface area contributed by atoms with Crippen molar-refractivity contribution in [2.24, 2.45) is 5.92 Å². The van der Waals surface area contributed by atoms with Crippen LogP contribution >= 0.6 is 0 Å². The lowest BCUT2D eigenvalue weighted by molar-refractivity contribution is -0.0521. The highest BCUT2D eigenvalue weighted by atomic mass is 19.3. The Morgan fingerprint density at radius 1 is 1.23 bits per heavy atom. The van der Waals surface area contributed by atoms with Crippen LogP contribution in [0.4, 0.5) is 13.2 Å². The summed E-state index contributed by atoms with van der Waals surface area (Å²) < 4.78 is 48.2. The number of ether oxygens (including phenoxy) is 2. The van der Waals surface area contributed by atoms with Gasteiger partial charge in [0.1, 0.15) is 0 Å². The lowest BCUT2D eigenvalue weighted by Crippen LogP contribution is -2.34. The van der Waals surface area contributed by atoms with Gasteiger partial charge in [-0.05, 0) is 35.2 Å². The maximum absolute atomic E-state index is 13.6.